The number of nitrogens with two attached hydrogens (primary N) is 1. The lowest BCUT2D eigenvalue weighted by Gasteiger charge is -2.21. The zero-order valence-corrected chi connectivity index (χ0v) is 19.7. The normalized spacial score (nSPS) is 10.5. The van der Waals surface area contributed by atoms with Gasteiger partial charge in [0.25, 0.3) is 0 Å². The second-order valence-electron chi connectivity index (χ2n) is 8.11. The van der Waals surface area contributed by atoms with Crippen LogP contribution in [0.5, 0.6) is 0 Å². The number of unbranched alkanes of at least 4 members (excludes halogenated alkanes) is 10. The van der Waals surface area contributed by atoms with Crippen LogP contribution in [0, 0.1) is 0 Å². The number of amides is 4. The highest BCUT2D eigenvalue weighted by Gasteiger charge is 2.22. The molecule has 0 unspecified atom stereocenters. The maximum absolute atomic E-state index is 12.6. The predicted octanol–water partition coefficient (Wildman–Crippen LogP) is 4.03. The first-order valence-corrected chi connectivity index (χ1v) is 12.1. The van der Waals surface area contributed by atoms with Gasteiger partial charge in [-0.05, 0) is 25.7 Å². The number of nitrogens with zero attached hydrogens (tertiary/aromatic N) is 1. The molecule has 0 saturated heterocycles. The lowest BCUT2D eigenvalue weighted by atomic mass is 10.1. The van der Waals surface area contributed by atoms with Crippen molar-refractivity contribution in [1.29, 1.82) is 0 Å². The monoisotopic (exact) mass is 440 g/mol. The fraction of sp³-hybridized carbons (Fsp3) is 0.826. The highest BCUT2D eigenvalue weighted by atomic mass is 16.2. The Hall–Kier alpha value is -1.96. The smallest absolute Gasteiger partial charge is 0.248 e. The summed E-state index contributed by atoms with van der Waals surface area (Å²) in [7, 11) is 0. The molecule has 0 saturated carbocycles. The maximum Gasteiger partial charge on any atom is 0.248 e. The Morgan fingerprint density at radius 1 is 0.581 bits per heavy atom. The van der Waals surface area contributed by atoms with Gasteiger partial charge >= 0.3 is 0 Å². The summed E-state index contributed by atoms with van der Waals surface area (Å²) >= 11 is 0. The zero-order chi connectivity index (χ0) is 23.3. The van der Waals surface area contributed by atoms with Crippen LogP contribution in [0.4, 0.5) is 0 Å². The second-order valence-corrected chi connectivity index (χ2v) is 8.11. The van der Waals surface area contributed by atoms with E-state index in [0.717, 1.165) is 82.1 Å². The molecule has 31 heavy (non-hydrogen) atoms. The van der Waals surface area contributed by atoms with E-state index in [1.807, 2.05) is 0 Å². The van der Waals surface area contributed by atoms with E-state index in [2.05, 4.69) is 24.7 Å². The molecule has 180 valence electrons. The Bertz CT molecular complexity index is 526. The molecule has 8 nitrogen and oxygen atoms in total. The fourth-order valence-electron chi connectivity index (χ4n) is 3.25. The van der Waals surface area contributed by atoms with Crippen molar-refractivity contribution in [2.75, 3.05) is 0 Å². The molecule has 0 radical (unpaired) electrons. The molecule has 0 aromatic heterocycles. The van der Waals surface area contributed by atoms with E-state index < -0.39 is 0 Å². The van der Waals surface area contributed by atoms with Gasteiger partial charge in [-0.1, -0.05) is 71.6 Å². The summed E-state index contributed by atoms with van der Waals surface area (Å²) in [6, 6.07) is 0. The Morgan fingerprint density at radius 3 is 1.42 bits per heavy atom. The minimum absolute atomic E-state index is 0.172. The van der Waals surface area contributed by atoms with Crippen molar-refractivity contribution in [3.63, 3.8) is 0 Å². The van der Waals surface area contributed by atoms with Crippen molar-refractivity contribution in [3.05, 3.63) is 0 Å². The largest absolute Gasteiger partial charge is 0.294 e. The molecule has 0 aliphatic rings. The number of hydrogen-bond acceptors (Lipinski definition) is 5. The summed E-state index contributed by atoms with van der Waals surface area (Å²) in [5.41, 5.74) is 4.66. The SMILES string of the molecule is CCCCCCC(=O)NN(C(=O)CCCCCC)C(=O)CCCCCCCC(=O)NN. The van der Waals surface area contributed by atoms with Gasteiger partial charge in [-0.2, -0.15) is 5.01 Å². The quantitative estimate of drug-likeness (QED) is 0.129. The van der Waals surface area contributed by atoms with Gasteiger partial charge in [0.05, 0.1) is 0 Å². The summed E-state index contributed by atoms with van der Waals surface area (Å²) in [4.78, 5) is 48.5. The van der Waals surface area contributed by atoms with Gasteiger partial charge in [0.1, 0.15) is 0 Å². The Balaban J connectivity index is 4.44. The van der Waals surface area contributed by atoms with Crippen LogP contribution in [0.3, 0.4) is 0 Å². The van der Waals surface area contributed by atoms with E-state index in [-0.39, 0.29) is 36.5 Å². The van der Waals surface area contributed by atoms with Gasteiger partial charge in [-0.15, -0.1) is 0 Å². The summed E-state index contributed by atoms with van der Waals surface area (Å²) in [6.07, 6.45) is 12.9. The number of carbonyl (C=O) groups excluding carboxylic acids is 4. The third-order valence-electron chi connectivity index (χ3n) is 5.19. The highest BCUT2D eigenvalue weighted by Crippen LogP contribution is 2.11. The van der Waals surface area contributed by atoms with Crippen LogP contribution in [0.15, 0.2) is 0 Å². The number of hydrogen-bond donors (Lipinski definition) is 3. The van der Waals surface area contributed by atoms with E-state index in [1.54, 1.807) is 0 Å². The standard InChI is InChI=1S/C23H44N4O4/c1-3-5-7-12-17-21(29)26-27(22(30)18-14-8-6-4-2)23(31)19-15-11-9-10-13-16-20(28)25-24/h3-19,24H2,1-2H3,(H,25,28)(H,26,29). The van der Waals surface area contributed by atoms with Crippen LogP contribution in [-0.2, 0) is 19.2 Å². The molecule has 8 heteroatoms. The van der Waals surface area contributed by atoms with Crippen molar-refractivity contribution in [2.24, 2.45) is 5.84 Å². The molecule has 0 rings (SSSR count). The van der Waals surface area contributed by atoms with E-state index in [1.165, 1.54) is 0 Å². The molecule has 4 amide bonds. The lowest BCUT2D eigenvalue weighted by Crippen LogP contribution is -2.49. The van der Waals surface area contributed by atoms with E-state index in [0.29, 0.717) is 19.3 Å². The van der Waals surface area contributed by atoms with E-state index >= 15 is 0 Å². The van der Waals surface area contributed by atoms with Crippen molar-refractivity contribution >= 4 is 23.6 Å². The van der Waals surface area contributed by atoms with Crippen LogP contribution >= 0.6 is 0 Å². The number of nitrogens with one attached hydrogen (secondary N) is 2. The minimum Gasteiger partial charge on any atom is -0.294 e. The Morgan fingerprint density at radius 2 is 0.968 bits per heavy atom. The van der Waals surface area contributed by atoms with Gasteiger partial charge in [0, 0.05) is 25.7 Å². The molecule has 4 N–H and O–H groups in total. The second kappa shape index (κ2) is 20.0. The van der Waals surface area contributed by atoms with Gasteiger partial charge in [0.15, 0.2) is 0 Å². The molecule has 0 spiro atoms. The first-order chi connectivity index (χ1) is 15.0. The van der Waals surface area contributed by atoms with Crippen molar-refractivity contribution in [3.8, 4) is 0 Å². The topological polar surface area (TPSA) is 122 Å². The number of hydrazine groups is 2. The molecular formula is C23H44N4O4. The van der Waals surface area contributed by atoms with Gasteiger partial charge in [-0.3, -0.25) is 30.0 Å². The van der Waals surface area contributed by atoms with Crippen LogP contribution in [0.25, 0.3) is 0 Å². The van der Waals surface area contributed by atoms with E-state index in [9.17, 15) is 19.2 Å². The van der Waals surface area contributed by atoms with Crippen LogP contribution in [0.2, 0.25) is 0 Å². The highest BCUT2D eigenvalue weighted by molar-refractivity contribution is 5.97. The summed E-state index contributed by atoms with van der Waals surface area (Å²) in [5.74, 6) is 3.93. The molecular weight excluding hydrogens is 396 g/mol. The number of imide groups is 1. The predicted molar refractivity (Wildman–Crippen MR) is 122 cm³/mol. The van der Waals surface area contributed by atoms with Crippen LogP contribution in [-0.4, -0.2) is 28.6 Å². The third-order valence-corrected chi connectivity index (χ3v) is 5.19. The van der Waals surface area contributed by atoms with Gasteiger partial charge in [0.2, 0.25) is 23.6 Å². The van der Waals surface area contributed by atoms with E-state index in [4.69, 9.17) is 5.84 Å². The zero-order valence-electron chi connectivity index (χ0n) is 19.7. The average molecular weight is 441 g/mol. The third kappa shape index (κ3) is 16.4. The van der Waals surface area contributed by atoms with Gasteiger partial charge < -0.3 is 0 Å². The average Bonchev–Trinajstić information content (AvgIpc) is 2.76. The Kier molecular flexibility index (Phi) is 18.7. The van der Waals surface area contributed by atoms with Crippen molar-refractivity contribution < 1.29 is 19.2 Å². The van der Waals surface area contributed by atoms with Crippen molar-refractivity contribution in [1.82, 2.24) is 15.9 Å². The lowest BCUT2D eigenvalue weighted by molar-refractivity contribution is -0.153. The first kappa shape index (κ1) is 29.0. The van der Waals surface area contributed by atoms with Gasteiger partial charge in [-0.25, -0.2) is 5.84 Å². The molecule has 0 bridgehead atoms. The summed E-state index contributed by atoms with van der Waals surface area (Å²) in [5, 5.41) is 0.958. The molecule has 0 heterocycles. The molecule has 0 aromatic rings. The van der Waals surface area contributed by atoms with Crippen molar-refractivity contribution in [2.45, 2.75) is 123 Å². The summed E-state index contributed by atoms with van der Waals surface area (Å²) in [6.45, 7) is 4.21. The van der Waals surface area contributed by atoms with Crippen LogP contribution < -0.4 is 16.7 Å². The Labute approximate surface area is 188 Å². The minimum atomic E-state index is -0.343. The molecule has 0 fully saturated rings. The molecule has 0 atom stereocenters. The molecule has 0 aliphatic carbocycles. The molecule has 0 aromatic carbocycles. The summed E-state index contributed by atoms with van der Waals surface area (Å²) < 4.78 is 0. The fourth-order valence-corrected chi connectivity index (χ4v) is 3.25. The number of carbonyl (C=O) groups is 4. The number of rotatable bonds is 18. The molecule has 0 aliphatic heterocycles. The first-order valence-electron chi connectivity index (χ1n) is 12.1. The van der Waals surface area contributed by atoms with Crippen LogP contribution in [0.1, 0.15) is 123 Å². The maximum atomic E-state index is 12.6.